The van der Waals surface area contributed by atoms with Gasteiger partial charge in [-0.3, -0.25) is 4.79 Å². The highest BCUT2D eigenvalue weighted by molar-refractivity contribution is 5.81. The summed E-state index contributed by atoms with van der Waals surface area (Å²) in [7, 11) is 0. The second-order valence-electron chi connectivity index (χ2n) is 6.23. The average molecular weight is 258 g/mol. The first-order valence-corrected chi connectivity index (χ1v) is 6.90. The minimum Gasteiger partial charge on any atom is -0.396 e. The third-order valence-electron chi connectivity index (χ3n) is 2.98. The molecule has 0 spiro atoms. The zero-order valence-corrected chi connectivity index (χ0v) is 12.5. The first-order chi connectivity index (χ1) is 8.28. The summed E-state index contributed by atoms with van der Waals surface area (Å²) in [5.74, 6) is 0.531. The van der Waals surface area contributed by atoms with Gasteiger partial charge in [0, 0.05) is 19.7 Å². The standard InChI is InChI=1S/C14H30N2O2/c1-11(2)9-15-13(18)12(3)16-10-14(4,5)7-6-8-17/h11-12,16-17H,6-10H2,1-5H3,(H,15,18). The maximum atomic E-state index is 11.8. The fourth-order valence-corrected chi connectivity index (χ4v) is 1.63. The molecule has 0 aromatic carbocycles. The monoisotopic (exact) mass is 258 g/mol. The van der Waals surface area contributed by atoms with E-state index in [1.165, 1.54) is 0 Å². The highest BCUT2D eigenvalue weighted by atomic mass is 16.2. The summed E-state index contributed by atoms with van der Waals surface area (Å²) in [4.78, 5) is 11.8. The molecule has 1 amide bonds. The zero-order valence-electron chi connectivity index (χ0n) is 12.5. The van der Waals surface area contributed by atoms with Crippen LogP contribution >= 0.6 is 0 Å². The van der Waals surface area contributed by atoms with Crippen molar-refractivity contribution in [3.63, 3.8) is 0 Å². The van der Waals surface area contributed by atoms with E-state index in [1.54, 1.807) is 0 Å². The molecule has 1 atom stereocenters. The van der Waals surface area contributed by atoms with Crippen LogP contribution in [0.1, 0.15) is 47.5 Å². The Morgan fingerprint density at radius 2 is 1.89 bits per heavy atom. The molecule has 1 unspecified atom stereocenters. The average Bonchev–Trinajstić information content (AvgIpc) is 2.30. The van der Waals surface area contributed by atoms with E-state index in [4.69, 9.17) is 5.11 Å². The van der Waals surface area contributed by atoms with E-state index in [-0.39, 0.29) is 24.0 Å². The van der Waals surface area contributed by atoms with Crippen LogP contribution in [-0.2, 0) is 4.79 Å². The van der Waals surface area contributed by atoms with E-state index in [0.717, 1.165) is 25.9 Å². The summed E-state index contributed by atoms with van der Waals surface area (Å²) >= 11 is 0. The molecule has 4 heteroatoms. The van der Waals surface area contributed by atoms with Crippen molar-refractivity contribution in [2.75, 3.05) is 19.7 Å². The molecule has 0 aromatic rings. The maximum absolute atomic E-state index is 11.8. The lowest BCUT2D eigenvalue weighted by Gasteiger charge is -2.26. The molecular weight excluding hydrogens is 228 g/mol. The number of hydrogen-bond acceptors (Lipinski definition) is 3. The lowest BCUT2D eigenvalue weighted by molar-refractivity contribution is -0.123. The van der Waals surface area contributed by atoms with E-state index in [9.17, 15) is 4.79 Å². The van der Waals surface area contributed by atoms with E-state index in [0.29, 0.717) is 5.92 Å². The Labute approximate surface area is 112 Å². The maximum Gasteiger partial charge on any atom is 0.236 e. The highest BCUT2D eigenvalue weighted by Gasteiger charge is 2.20. The Morgan fingerprint density at radius 3 is 2.39 bits per heavy atom. The summed E-state index contributed by atoms with van der Waals surface area (Å²) in [6.45, 7) is 12.1. The van der Waals surface area contributed by atoms with Crippen molar-refractivity contribution in [3.05, 3.63) is 0 Å². The molecular formula is C14H30N2O2. The minimum absolute atomic E-state index is 0.0571. The first-order valence-electron chi connectivity index (χ1n) is 6.90. The summed E-state index contributed by atoms with van der Waals surface area (Å²) in [5, 5.41) is 15.0. The summed E-state index contributed by atoms with van der Waals surface area (Å²) in [5.41, 5.74) is 0.106. The Morgan fingerprint density at radius 1 is 1.28 bits per heavy atom. The van der Waals surface area contributed by atoms with Crippen molar-refractivity contribution < 1.29 is 9.90 Å². The van der Waals surface area contributed by atoms with Gasteiger partial charge in [0.2, 0.25) is 5.91 Å². The molecule has 0 heterocycles. The fraction of sp³-hybridized carbons (Fsp3) is 0.929. The Balaban J connectivity index is 3.93. The summed E-state index contributed by atoms with van der Waals surface area (Å²) < 4.78 is 0. The van der Waals surface area contributed by atoms with Crippen molar-refractivity contribution in [2.24, 2.45) is 11.3 Å². The molecule has 0 aromatic heterocycles. The topological polar surface area (TPSA) is 61.4 Å². The van der Waals surface area contributed by atoms with Gasteiger partial charge in [0.15, 0.2) is 0 Å². The molecule has 4 nitrogen and oxygen atoms in total. The predicted molar refractivity (Wildman–Crippen MR) is 75.4 cm³/mol. The van der Waals surface area contributed by atoms with Crippen LogP contribution in [0.2, 0.25) is 0 Å². The minimum atomic E-state index is -0.169. The number of nitrogens with one attached hydrogen (secondary N) is 2. The van der Waals surface area contributed by atoms with Crippen molar-refractivity contribution in [1.29, 1.82) is 0 Å². The van der Waals surface area contributed by atoms with Gasteiger partial charge in [-0.2, -0.15) is 0 Å². The molecule has 0 radical (unpaired) electrons. The normalized spacial score (nSPS) is 13.7. The first kappa shape index (κ1) is 17.4. The van der Waals surface area contributed by atoms with Crippen LogP contribution in [0.3, 0.4) is 0 Å². The lowest BCUT2D eigenvalue weighted by atomic mass is 9.87. The molecule has 0 aliphatic heterocycles. The van der Waals surface area contributed by atoms with E-state index in [1.807, 2.05) is 6.92 Å². The quantitative estimate of drug-likeness (QED) is 0.588. The number of amides is 1. The molecule has 0 bridgehead atoms. The van der Waals surface area contributed by atoms with Gasteiger partial charge in [0.25, 0.3) is 0 Å². The smallest absolute Gasteiger partial charge is 0.236 e. The van der Waals surface area contributed by atoms with Crippen LogP contribution in [0.4, 0.5) is 0 Å². The van der Waals surface area contributed by atoms with Crippen LogP contribution in [-0.4, -0.2) is 36.8 Å². The van der Waals surface area contributed by atoms with Gasteiger partial charge in [-0.05, 0) is 31.1 Å². The number of carbonyl (C=O) groups is 1. The van der Waals surface area contributed by atoms with E-state index in [2.05, 4.69) is 38.3 Å². The Bertz CT molecular complexity index is 240. The molecule has 0 aliphatic carbocycles. The third-order valence-corrected chi connectivity index (χ3v) is 2.98. The van der Waals surface area contributed by atoms with Gasteiger partial charge in [0.05, 0.1) is 6.04 Å². The highest BCUT2D eigenvalue weighted by Crippen LogP contribution is 2.20. The molecule has 18 heavy (non-hydrogen) atoms. The largest absolute Gasteiger partial charge is 0.396 e. The van der Waals surface area contributed by atoms with Crippen LogP contribution < -0.4 is 10.6 Å². The van der Waals surface area contributed by atoms with E-state index < -0.39 is 0 Å². The molecule has 0 saturated carbocycles. The van der Waals surface area contributed by atoms with E-state index >= 15 is 0 Å². The number of aliphatic hydroxyl groups is 1. The molecule has 108 valence electrons. The van der Waals surface area contributed by atoms with Crippen LogP contribution in [0.5, 0.6) is 0 Å². The van der Waals surface area contributed by atoms with Gasteiger partial charge in [-0.1, -0.05) is 27.7 Å². The number of rotatable bonds is 9. The summed E-state index contributed by atoms with van der Waals surface area (Å²) in [6, 6.07) is -0.169. The summed E-state index contributed by atoms with van der Waals surface area (Å²) in [6.07, 6.45) is 1.76. The van der Waals surface area contributed by atoms with Gasteiger partial charge < -0.3 is 15.7 Å². The van der Waals surface area contributed by atoms with Crippen molar-refractivity contribution >= 4 is 5.91 Å². The van der Waals surface area contributed by atoms with Crippen LogP contribution in [0.15, 0.2) is 0 Å². The molecule has 0 fully saturated rings. The fourth-order valence-electron chi connectivity index (χ4n) is 1.63. The van der Waals surface area contributed by atoms with Crippen LogP contribution in [0, 0.1) is 11.3 Å². The van der Waals surface area contributed by atoms with Gasteiger partial charge in [-0.15, -0.1) is 0 Å². The molecule has 0 saturated heterocycles. The van der Waals surface area contributed by atoms with Crippen LogP contribution in [0.25, 0.3) is 0 Å². The van der Waals surface area contributed by atoms with Gasteiger partial charge in [-0.25, -0.2) is 0 Å². The van der Waals surface area contributed by atoms with Gasteiger partial charge in [0.1, 0.15) is 0 Å². The second kappa shape index (κ2) is 8.48. The number of hydrogen-bond donors (Lipinski definition) is 3. The number of carbonyl (C=O) groups excluding carboxylic acids is 1. The van der Waals surface area contributed by atoms with Crippen molar-refractivity contribution in [3.8, 4) is 0 Å². The third kappa shape index (κ3) is 8.48. The SMILES string of the molecule is CC(C)CNC(=O)C(C)NCC(C)(C)CCCO. The predicted octanol–water partition coefficient (Wildman–Crippen LogP) is 1.54. The molecule has 0 aliphatic rings. The molecule has 3 N–H and O–H groups in total. The van der Waals surface area contributed by atoms with Gasteiger partial charge >= 0.3 is 0 Å². The lowest BCUT2D eigenvalue weighted by Crippen LogP contribution is -2.46. The Kier molecular flexibility index (Phi) is 8.20. The number of aliphatic hydroxyl groups excluding tert-OH is 1. The van der Waals surface area contributed by atoms with Crippen molar-refractivity contribution in [1.82, 2.24) is 10.6 Å². The molecule has 0 rings (SSSR count). The zero-order chi connectivity index (χ0) is 14.2. The Hall–Kier alpha value is -0.610. The second-order valence-corrected chi connectivity index (χ2v) is 6.23. The van der Waals surface area contributed by atoms with Crippen molar-refractivity contribution in [2.45, 2.75) is 53.5 Å².